The molecule has 0 spiro atoms. The van der Waals surface area contributed by atoms with E-state index in [1.165, 1.54) is 36.4 Å². The quantitative estimate of drug-likeness (QED) is 0.0194. The van der Waals surface area contributed by atoms with Crippen LogP contribution in [0, 0.1) is 10.8 Å². The number of carbonyl (C=O) groups excluding carboxylic acids is 6. The van der Waals surface area contributed by atoms with Gasteiger partial charge in [0.2, 0.25) is 30.1 Å². The fourth-order valence-electron chi connectivity index (χ4n) is 6.93. The number of ether oxygens (including phenoxy) is 7. The van der Waals surface area contributed by atoms with Gasteiger partial charge < -0.3 is 49.1 Å². The second kappa shape index (κ2) is 33.8. The summed E-state index contributed by atoms with van der Waals surface area (Å²) in [5.74, 6) is -4.88. The molecule has 3 rings (SSSR count). The molecule has 0 heterocycles. The summed E-state index contributed by atoms with van der Waals surface area (Å²) in [5, 5.41) is 24.9. The van der Waals surface area contributed by atoms with Gasteiger partial charge in [-0.05, 0) is 92.0 Å². The van der Waals surface area contributed by atoms with Crippen molar-refractivity contribution in [2.45, 2.75) is 53.2 Å². The van der Waals surface area contributed by atoms with Gasteiger partial charge in [0.05, 0.1) is 58.0 Å². The first-order valence-electron chi connectivity index (χ1n) is 24.7. The van der Waals surface area contributed by atoms with E-state index in [-0.39, 0.29) is 53.6 Å². The summed E-state index contributed by atoms with van der Waals surface area (Å²) < 4.78 is 109. The monoisotopic (exact) mass is 1180 g/mol. The molecule has 0 saturated heterocycles. The molecular weight excluding hydrogens is 1110 g/mol. The third-order valence-electron chi connectivity index (χ3n) is 11.5. The lowest BCUT2D eigenvalue weighted by Gasteiger charge is -2.35. The van der Waals surface area contributed by atoms with Gasteiger partial charge >= 0.3 is 35.8 Å². The third kappa shape index (κ3) is 26.5. The molecular formula is C52H70N6O19S3. The number of nitrogens with one attached hydrogen (secondary N) is 3. The first-order chi connectivity index (χ1) is 37.8. The number of hydrogen-bond donors (Lipinski definition) is 6. The van der Waals surface area contributed by atoms with Crippen molar-refractivity contribution in [3.63, 3.8) is 0 Å². The second-order valence-electron chi connectivity index (χ2n) is 18.2. The van der Waals surface area contributed by atoms with E-state index in [9.17, 15) is 54.0 Å². The zero-order valence-electron chi connectivity index (χ0n) is 44.1. The fraction of sp³-hybridized carbons (Fsp3) is 0.423. The lowest BCUT2D eigenvalue weighted by atomic mass is 9.90. The zero-order valence-corrected chi connectivity index (χ0v) is 46.6. The number of benzene rings is 3. The number of esters is 6. The Balaban J connectivity index is 1.85. The number of primary sulfonamides is 3. The minimum Gasteiger partial charge on any atom is -0.465 e. The van der Waals surface area contributed by atoms with Gasteiger partial charge in [-0.25, -0.2) is 55.1 Å². The lowest BCUT2D eigenvalue weighted by molar-refractivity contribution is -0.173. The average Bonchev–Trinajstić information content (AvgIpc) is 3.44. The van der Waals surface area contributed by atoms with E-state index in [1.807, 2.05) is 0 Å². The largest absolute Gasteiger partial charge is 0.465 e. The molecule has 0 unspecified atom stereocenters. The molecule has 3 aromatic carbocycles. The Hall–Kier alpha value is -6.73. The fourth-order valence-corrected chi connectivity index (χ4v) is 8.48. The highest BCUT2D eigenvalue weighted by atomic mass is 32.2. The Labute approximate surface area is 466 Å². The maximum Gasteiger partial charge on any atom is 0.330 e. The van der Waals surface area contributed by atoms with Crippen LogP contribution in [0.2, 0.25) is 0 Å². The Morgan fingerprint density at radius 2 is 0.625 bits per heavy atom. The molecule has 28 heteroatoms. The van der Waals surface area contributed by atoms with Crippen LogP contribution in [0.5, 0.6) is 0 Å². The van der Waals surface area contributed by atoms with Crippen LogP contribution < -0.4 is 31.4 Å². The Morgan fingerprint density at radius 1 is 0.388 bits per heavy atom. The summed E-state index contributed by atoms with van der Waals surface area (Å²) in [4.78, 5) is 77.0. The number of nitrogens with two attached hydrogens (primary N) is 3. The van der Waals surface area contributed by atoms with Gasteiger partial charge in [-0.3, -0.25) is 14.4 Å². The van der Waals surface area contributed by atoms with Crippen LogP contribution in [-0.2, 0) is 111 Å². The van der Waals surface area contributed by atoms with E-state index in [0.29, 0.717) is 38.9 Å². The normalized spacial score (nSPS) is 11.9. The minimum atomic E-state index is -3.87. The molecule has 0 bridgehead atoms. The van der Waals surface area contributed by atoms with Crippen LogP contribution in [0.3, 0.4) is 0 Å². The van der Waals surface area contributed by atoms with Crippen molar-refractivity contribution in [1.29, 1.82) is 0 Å². The van der Waals surface area contributed by atoms with Crippen molar-refractivity contribution in [1.82, 2.24) is 16.0 Å². The number of sulfonamides is 3. The Morgan fingerprint density at radius 3 is 0.850 bits per heavy atom. The van der Waals surface area contributed by atoms with Crippen molar-refractivity contribution < 1.29 is 87.2 Å². The summed E-state index contributed by atoms with van der Waals surface area (Å²) >= 11 is 0. The number of hydrogen-bond acceptors (Lipinski definition) is 22. The van der Waals surface area contributed by atoms with Gasteiger partial charge in [-0.2, -0.15) is 0 Å². The van der Waals surface area contributed by atoms with Gasteiger partial charge in [-0.15, -0.1) is 0 Å². The van der Waals surface area contributed by atoms with E-state index in [2.05, 4.69) is 35.7 Å². The summed E-state index contributed by atoms with van der Waals surface area (Å²) in [6.07, 6.45) is 3.47. The average molecular weight is 1180 g/mol. The summed E-state index contributed by atoms with van der Waals surface area (Å²) in [6, 6.07) is 17.9. The molecule has 0 fully saturated rings. The van der Waals surface area contributed by atoms with E-state index in [0.717, 1.165) is 34.9 Å². The van der Waals surface area contributed by atoms with E-state index in [4.69, 9.17) is 48.6 Å². The van der Waals surface area contributed by atoms with Crippen LogP contribution >= 0.6 is 0 Å². The van der Waals surface area contributed by atoms with E-state index >= 15 is 0 Å². The van der Waals surface area contributed by atoms with Gasteiger partial charge in [0.15, 0.2) is 0 Å². The van der Waals surface area contributed by atoms with Crippen LogP contribution in [0.25, 0.3) is 0 Å². The Bertz CT molecular complexity index is 2600. The molecule has 3 aromatic rings. The zero-order chi connectivity index (χ0) is 59.2. The first-order valence-corrected chi connectivity index (χ1v) is 29.3. The second-order valence-corrected chi connectivity index (χ2v) is 22.9. The van der Waals surface area contributed by atoms with Gasteiger partial charge in [0.1, 0.15) is 39.6 Å². The van der Waals surface area contributed by atoms with Crippen molar-refractivity contribution in [2.24, 2.45) is 26.2 Å². The van der Waals surface area contributed by atoms with Crippen LogP contribution in [0.4, 0.5) is 0 Å². The molecule has 0 saturated carbocycles. The topological polar surface area (TPSA) is 384 Å². The lowest BCUT2D eigenvalue weighted by Crippen LogP contribution is -2.47. The van der Waals surface area contributed by atoms with Gasteiger partial charge in [0.25, 0.3) is 0 Å². The van der Waals surface area contributed by atoms with Crippen LogP contribution in [0.15, 0.2) is 125 Å². The molecule has 0 aromatic heterocycles. The highest BCUT2D eigenvalue weighted by Gasteiger charge is 2.41. The molecule has 25 nitrogen and oxygen atoms in total. The SMILES string of the molecule is C=CC(=O)OCC(COCC(COC(=O)CCNCCc1ccc(S(N)(=O)=O)cc1)(COC(=O)CCNCCc1ccc(S(N)(=O)=O)cc1)COC(=O)CCNCCc1ccc(S(N)(=O)=O)cc1)(COC(=O)C=C)COC(=O)C=C. The molecule has 0 aliphatic rings. The predicted octanol–water partition coefficient (Wildman–Crippen LogP) is 0.402. The highest BCUT2D eigenvalue weighted by molar-refractivity contribution is 7.89. The molecule has 0 radical (unpaired) electrons. The highest BCUT2D eigenvalue weighted by Crippen LogP contribution is 2.27. The van der Waals surface area contributed by atoms with Crippen molar-refractivity contribution in [3.05, 3.63) is 127 Å². The van der Waals surface area contributed by atoms with Crippen LogP contribution in [0.1, 0.15) is 36.0 Å². The van der Waals surface area contributed by atoms with E-state index in [1.54, 1.807) is 36.4 Å². The first kappa shape index (κ1) is 67.5. The minimum absolute atomic E-state index is 0.0440. The van der Waals surface area contributed by atoms with Gasteiger partial charge in [-0.1, -0.05) is 56.1 Å². The summed E-state index contributed by atoms with van der Waals surface area (Å²) in [7, 11) is -11.6. The molecule has 9 N–H and O–H groups in total. The van der Waals surface area contributed by atoms with Crippen molar-refractivity contribution >= 4 is 65.9 Å². The standard InChI is InChI=1S/C52H70N6O19S3/c1-4-45(59)72-33-51(34-73-46(60)5-2,35-74-47(61)6-3)31-71-32-52(36-75-48(62)22-28-56-25-19-39-7-13-42(14-8-39)78(53,65)66,37-76-49(63)23-29-57-26-20-40-9-15-43(16-10-40)79(54,67)68)38-77-50(64)24-30-58-27-21-41-11-17-44(18-12-41)80(55,69)70/h4-18,56-58H,1-3,19-38H2,(H2,53,65,66)(H2,54,67,68)(H2,55,69,70). The van der Waals surface area contributed by atoms with Crippen molar-refractivity contribution in [3.8, 4) is 0 Å². The maximum atomic E-state index is 13.4. The molecule has 0 aliphatic heterocycles. The number of carbonyl (C=O) groups is 6. The van der Waals surface area contributed by atoms with Gasteiger partial charge in [0, 0.05) is 37.9 Å². The predicted molar refractivity (Wildman–Crippen MR) is 289 cm³/mol. The Kier molecular flexibility index (Phi) is 28.5. The van der Waals surface area contributed by atoms with Crippen molar-refractivity contribution in [2.75, 3.05) is 92.1 Å². The molecule has 0 atom stereocenters. The molecule has 80 heavy (non-hydrogen) atoms. The summed E-state index contributed by atoms with van der Waals surface area (Å²) in [5.41, 5.74) is -0.937. The third-order valence-corrected chi connectivity index (χ3v) is 14.3. The van der Waals surface area contributed by atoms with E-state index < -0.39 is 130 Å². The number of rotatable bonds is 40. The summed E-state index contributed by atoms with van der Waals surface area (Å²) in [6.45, 7) is 7.15. The smallest absolute Gasteiger partial charge is 0.330 e. The molecule has 440 valence electrons. The molecule has 0 amide bonds. The molecule has 0 aliphatic carbocycles. The van der Waals surface area contributed by atoms with Crippen LogP contribution in [-0.4, -0.2) is 153 Å². The maximum absolute atomic E-state index is 13.4.